The Hall–Kier alpha value is -2.09. The summed E-state index contributed by atoms with van der Waals surface area (Å²) in [6.07, 6.45) is 1.93. The van der Waals surface area contributed by atoms with Crippen LogP contribution < -0.4 is 9.47 Å². The first-order valence-corrected chi connectivity index (χ1v) is 9.84. The van der Waals surface area contributed by atoms with Crippen LogP contribution in [0.5, 0.6) is 11.5 Å². The molecule has 1 N–H and O–H groups in total. The summed E-state index contributed by atoms with van der Waals surface area (Å²) in [6.45, 7) is 6.40. The van der Waals surface area contributed by atoms with Crippen molar-refractivity contribution in [2.45, 2.75) is 39.0 Å². The number of rotatable bonds is 10. The first-order valence-electron chi connectivity index (χ1n) is 9.84. The van der Waals surface area contributed by atoms with E-state index in [1.165, 1.54) is 12.8 Å². The van der Waals surface area contributed by atoms with Gasteiger partial charge in [-0.1, -0.05) is 11.2 Å². The maximum Gasteiger partial charge on any atom is 0.161 e. The summed E-state index contributed by atoms with van der Waals surface area (Å²) >= 11 is 0. The molecule has 0 radical (unpaired) electrons. The molecule has 28 heavy (non-hydrogen) atoms. The lowest BCUT2D eigenvalue weighted by Crippen LogP contribution is -2.33. The van der Waals surface area contributed by atoms with E-state index in [0.29, 0.717) is 24.6 Å². The SMILES string of the molecule is COc1cc(CN(C)Cc2cc(C)on2)ccc1OC[C@H](O)CN1CCCC1. The van der Waals surface area contributed by atoms with E-state index in [0.717, 1.165) is 36.7 Å². The van der Waals surface area contributed by atoms with Crippen molar-refractivity contribution in [2.75, 3.05) is 40.4 Å². The number of likely N-dealkylation sites (tertiary alicyclic amines) is 1. The Labute approximate surface area is 166 Å². The van der Waals surface area contributed by atoms with Crippen LogP contribution in [0.2, 0.25) is 0 Å². The van der Waals surface area contributed by atoms with Gasteiger partial charge in [-0.15, -0.1) is 0 Å². The van der Waals surface area contributed by atoms with Gasteiger partial charge in [0.25, 0.3) is 0 Å². The Kier molecular flexibility index (Phi) is 7.30. The third kappa shape index (κ3) is 5.95. The van der Waals surface area contributed by atoms with E-state index in [9.17, 15) is 5.11 Å². The molecule has 0 saturated carbocycles. The summed E-state index contributed by atoms with van der Waals surface area (Å²) in [7, 11) is 3.67. The maximum atomic E-state index is 10.2. The minimum absolute atomic E-state index is 0.262. The van der Waals surface area contributed by atoms with E-state index in [-0.39, 0.29) is 6.61 Å². The smallest absolute Gasteiger partial charge is 0.161 e. The fourth-order valence-corrected chi connectivity index (χ4v) is 3.57. The number of aliphatic hydroxyl groups is 1. The highest BCUT2D eigenvalue weighted by molar-refractivity contribution is 5.43. The summed E-state index contributed by atoms with van der Waals surface area (Å²) in [5.41, 5.74) is 2.03. The number of ether oxygens (including phenoxy) is 2. The van der Waals surface area contributed by atoms with Crippen LogP contribution in [0.1, 0.15) is 29.9 Å². The van der Waals surface area contributed by atoms with Crippen molar-refractivity contribution in [1.82, 2.24) is 15.0 Å². The number of benzene rings is 1. The molecule has 154 valence electrons. The molecule has 1 fully saturated rings. The first-order chi connectivity index (χ1) is 13.5. The van der Waals surface area contributed by atoms with Crippen LogP contribution in [0.25, 0.3) is 0 Å². The van der Waals surface area contributed by atoms with Crippen molar-refractivity contribution in [1.29, 1.82) is 0 Å². The number of aromatic nitrogens is 1. The number of aliphatic hydroxyl groups excluding tert-OH is 1. The Balaban J connectivity index is 1.52. The first kappa shape index (κ1) is 20.6. The zero-order chi connectivity index (χ0) is 19.9. The minimum Gasteiger partial charge on any atom is -0.493 e. The van der Waals surface area contributed by atoms with Gasteiger partial charge in [0.05, 0.1) is 12.8 Å². The van der Waals surface area contributed by atoms with Crippen LogP contribution in [-0.2, 0) is 13.1 Å². The largest absolute Gasteiger partial charge is 0.493 e. The monoisotopic (exact) mass is 389 g/mol. The average molecular weight is 389 g/mol. The topological polar surface area (TPSA) is 71.2 Å². The quantitative estimate of drug-likeness (QED) is 0.669. The highest BCUT2D eigenvalue weighted by Gasteiger charge is 2.17. The van der Waals surface area contributed by atoms with Crippen LogP contribution >= 0.6 is 0 Å². The molecule has 0 amide bonds. The number of hydrogen-bond acceptors (Lipinski definition) is 7. The van der Waals surface area contributed by atoms with E-state index in [4.69, 9.17) is 14.0 Å². The molecule has 7 heteroatoms. The van der Waals surface area contributed by atoms with Crippen molar-refractivity contribution in [3.8, 4) is 11.5 Å². The molecule has 0 aliphatic carbocycles. The van der Waals surface area contributed by atoms with Gasteiger partial charge in [-0.25, -0.2) is 0 Å². The van der Waals surface area contributed by atoms with E-state index >= 15 is 0 Å². The van der Waals surface area contributed by atoms with Gasteiger partial charge in [0, 0.05) is 25.7 Å². The molecule has 1 aliphatic heterocycles. The normalized spacial score (nSPS) is 15.9. The number of methoxy groups -OCH3 is 1. The van der Waals surface area contributed by atoms with E-state index in [1.807, 2.05) is 38.2 Å². The van der Waals surface area contributed by atoms with Crippen molar-refractivity contribution in [2.24, 2.45) is 0 Å². The third-order valence-electron chi connectivity index (χ3n) is 4.89. The summed E-state index contributed by atoms with van der Waals surface area (Å²) in [5.74, 6) is 2.15. The lowest BCUT2D eigenvalue weighted by molar-refractivity contribution is 0.0747. The van der Waals surface area contributed by atoms with Crippen LogP contribution in [0.3, 0.4) is 0 Å². The van der Waals surface area contributed by atoms with E-state index in [2.05, 4.69) is 15.0 Å². The zero-order valence-electron chi connectivity index (χ0n) is 17.1. The van der Waals surface area contributed by atoms with E-state index in [1.54, 1.807) is 7.11 Å². The summed E-state index contributed by atoms with van der Waals surface area (Å²) < 4.78 is 16.4. The van der Waals surface area contributed by atoms with Gasteiger partial charge in [0.15, 0.2) is 11.5 Å². The van der Waals surface area contributed by atoms with Crippen LogP contribution in [0.4, 0.5) is 0 Å². The lowest BCUT2D eigenvalue weighted by atomic mass is 10.2. The molecular formula is C21H31N3O4. The number of β-amino-alcohol motifs (C(OH)–C–C–N with tert-alkyl or cyclic N) is 1. The van der Waals surface area contributed by atoms with Crippen molar-refractivity contribution in [3.05, 3.63) is 41.3 Å². The van der Waals surface area contributed by atoms with Crippen molar-refractivity contribution >= 4 is 0 Å². The number of nitrogens with zero attached hydrogens (tertiary/aromatic N) is 3. The molecule has 1 aromatic heterocycles. The Morgan fingerprint density at radius 3 is 2.68 bits per heavy atom. The third-order valence-corrected chi connectivity index (χ3v) is 4.89. The zero-order valence-corrected chi connectivity index (χ0v) is 17.1. The van der Waals surface area contributed by atoms with Crippen LogP contribution in [0, 0.1) is 6.92 Å². The molecule has 0 bridgehead atoms. The van der Waals surface area contributed by atoms with Gasteiger partial charge in [-0.05, 0) is 57.6 Å². The fraction of sp³-hybridized carbons (Fsp3) is 0.571. The molecule has 1 aliphatic rings. The summed E-state index contributed by atoms with van der Waals surface area (Å²) in [4.78, 5) is 4.44. The van der Waals surface area contributed by atoms with Gasteiger partial charge >= 0.3 is 0 Å². The maximum absolute atomic E-state index is 10.2. The van der Waals surface area contributed by atoms with Crippen LogP contribution in [0.15, 0.2) is 28.8 Å². The molecule has 3 rings (SSSR count). The van der Waals surface area contributed by atoms with Gasteiger partial charge in [-0.2, -0.15) is 0 Å². The predicted octanol–water partition coefficient (Wildman–Crippen LogP) is 2.46. The molecule has 2 heterocycles. The fourth-order valence-electron chi connectivity index (χ4n) is 3.57. The number of aryl methyl sites for hydroxylation is 1. The highest BCUT2D eigenvalue weighted by Crippen LogP contribution is 2.29. The minimum atomic E-state index is -0.500. The molecular weight excluding hydrogens is 358 g/mol. The second-order valence-corrected chi connectivity index (χ2v) is 7.56. The van der Waals surface area contributed by atoms with Crippen LogP contribution in [-0.4, -0.2) is 66.6 Å². The summed E-state index contributed by atoms with van der Waals surface area (Å²) in [5, 5.41) is 14.3. The second kappa shape index (κ2) is 9.91. The Morgan fingerprint density at radius 1 is 1.21 bits per heavy atom. The molecule has 7 nitrogen and oxygen atoms in total. The summed E-state index contributed by atoms with van der Waals surface area (Å²) in [6, 6.07) is 7.86. The lowest BCUT2D eigenvalue weighted by Gasteiger charge is -2.20. The van der Waals surface area contributed by atoms with Crippen molar-refractivity contribution in [3.63, 3.8) is 0 Å². The van der Waals surface area contributed by atoms with Crippen molar-refractivity contribution < 1.29 is 19.1 Å². The molecule has 0 unspecified atom stereocenters. The Morgan fingerprint density at radius 2 is 2.00 bits per heavy atom. The van der Waals surface area contributed by atoms with E-state index < -0.39 is 6.10 Å². The number of hydrogen-bond donors (Lipinski definition) is 1. The molecule has 1 atom stereocenters. The standard InChI is InChI=1S/C21H31N3O4/c1-16-10-18(22-28-16)13-23(2)12-17-6-7-20(21(11-17)26-3)27-15-19(25)14-24-8-4-5-9-24/h6-7,10-11,19,25H,4-5,8-9,12-15H2,1-3H3/t19-/m1/s1. The molecule has 2 aromatic rings. The highest BCUT2D eigenvalue weighted by atomic mass is 16.5. The van der Waals surface area contributed by atoms with Gasteiger partial charge in [-0.3, -0.25) is 4.90 Å². The Bertz CT molecular complexity index is 743. The average Bonchev–Trinajstić information content (AvgIpc) is 3.32. The van der Waals surface area contributed by atoms with Gasteiger partial charge in [0.1, 0.15) is 18.5 Å². The predicted molar refractivity (Wildman–Crippen MR) is 107 cm³/mol. The van der Waals surface area contributed by atoms with Gasteiger partial charge in [0.2, 0.25) is 0 Å². The van der Waals surface area contributed by atoms with Gasteiger partial charge < -0.3 is 24.0 Å². The molecule has 1 aromatic carbocycles. The second-order valence-electron chi connectivity index (χ2n) is 7.56. The molecule has 1 saturated heterocycles. The molecule has 0 spiro atoms.